The van der Waals surface area contributed by atoms with Gasteiger partial charge in [-0.1, -0.05) is 141 Å². The number of para-hydroxylation sites is 1. The summed E-state index contributed by atoms with van der Waals surface area (Å²) in [5.74, 6) is 2.17. The molecule has 1 aliphatic heterocycles. The molecule has 4 aliphatic rings. The molecule has 6 aromatic carbocycles. The third kappa shape index (κ3) is 3.04. The lowest BCUT2D eigenvalue weighted by atomic mass is 9.63. The highest BCUT2D eigenvalue weighted by molar-refractivity contribution is 6.06. The number of rotatable bonds is 1. The smallest absolute Gasteiger partial charge is 0.131 e. The Morgan fingerprint density at radius 3 is 2.16 bits per heavy atom. The van der Waals surface area contributed by atoms with Gasteiger partial charge in [-0.25, -0.2) is 0 Å². The van der Waals surface area contributed by atoms with E-state index in [1.165, 1.54) is 72.0 Å². The predicted molar refractivity (Wildman–Crippen MR) is 184 cm³/mol. The maximum absolute atomic E-state index is 6.67. The molecule has 3 aliphatic carbocycles. The summed E-state index contributed by atoms with van der Waals surface area (Å²) in [6.07, 6.45) is 5.48. The van der Waals surface area contributed by atoms with Gasteiger partial charge in [-0.05, 0) is 85.0 Å². The van der Waals surface area contributed by atoms with Crippen molar-refractivity contribution in [3.05, 3.63) is 184 Å². The Bertz CT molecular complexity index is 2310. The normalized spacial score (nSPS) is 21.1. The van der Waals surface area contributed by atoms with Crippen molar-refractivity contribution in [2.75, 3.05) is 0 Å². The SMILES string of the molecule is CC1(C)C2=C(C=CCC2c2cccc3c2C2(c4ccccc4-3)c3ccccc3-c3c2ccc2ccccc32)Oc2ccccc21. The lowest BCUT2D eigenvalue weighted by Crippen LogP contribution is -2.34. The first kappa shape index (κ1) is 25.2. The highest BCUT2D eigenvalue weighted by Crippen LogP contribution is 2.66. The molecule has 6 aromatic rings. The number of ether oxygens (including phenoxy) is 1. The van der Waals surface area contributed by atoms with Gasteiger partial charge in [0.25, 0.3) is 0 Å². The molecule has 0 saturated heterocycles. The van der Waals surface area contributed by atoms with Crippen molar-refractivity contribution in [1.82, 2.24) is 0 Å². The van der Waals surface area contributed by atoms with Crippen LogP contribution in [0.5, 0.6) is 5.75 Å². The van der Waals surface area contributed by atoms with Crippen LogP contribution >= 0.6 is 0 Å². The molecule has 0 aromatic heterocycles. The predicted octanol–water partition coefficient (Wildman–Crippen LogP) is 10.9. The van der Waals surface area contributed by atoms with Gasteiger partial charge < -0.3 is 4.74 Å². The Morgan fingerprint density at radius 2 is 1.29 bits per heavy atom. The summed E-state index contributed by atoms with van der Waals surface area (Å²) in [5, 5.41) is 2.61. The molecule has 45 heavy (non-hydrogen) atoms. The summed E-state index contributed by atoms with van der Waals surface area (Å²) < 4.78 is 6.67. The molecule has 0 amide bonds. The summed E-state index contributed by atoms with van der Waals surface area (Å²) in [4.78, 5) is 0. The van der Waals surface area contributed by atoms with Crippen LogP contribution in [0.3, 0.4) is 0 Å². The second-order valence-electron chi connectivity index (χ2n) is 13.5. The Hall–Kier alpha value is -5.14. The second kappa shape index (κ2) is 8.73. The molecule has 2 unspecified atom stereocenters. The quantitative estimate of drug-likeness (QED) is 0.189. The fourth-order valence-corrected chi connectivity index (χ4v) is 9.43. The summed E-state index contributed by atoms with van der Waals surface area (Å²) >= 11 is 0. The molecule has 0 fully saturated rings. The summed E-state index contributed by atoms with van der Waals surface area (Å²) in [7, 11) is 0. The van der Waals surface area contributed by atoms with E-state index in [1.54, 1.807) is 0 Å². The van der Waals surface area contributed by atoms with Crippen molar-refractivity contribution < 1.29 is 4.74 Å². The molecule has 1 spiro atoms. The minimum Gasteiger partial charge on any atom is -0.457 e. The number of benzene rings is 6. The third-order valence-corrected chi connectivity index (χ3v) is 11.1. The maximum Gasteiger partial charge on any atom is 0.131 e. The van der Waals surface area contributed by atoms with E-state index in [2.05, 4.69) is 153 Å². The van der Waals surface area contributed by atoms with E-state index in [1.807, 2.05) is 0 Å². The van der Waals surface area contributed by atoms with Crippen LogP contribution in [0.2, 0.25) is 0 Å². The maximum atomic E-state index is 6.67. The van der Waals surface area contributed by atoms with Crippen molar-refractivity contribution in [1.29, 1.82) is 0 Å². The first-order valence-corrected chi connectivity index (χ1v) is 16.1. The zero-order valence-electron chi connectivity index (χ0n) is 25.5. The minimum atomic E-state index is -0.405. The van der Waals surface area contributed by atoms with Gasteiger partial charge in [0.05, 0.1) is 5.41 Å². The van der Waals surface area contributed by atoms with Crippen molar-refractivity contribution in [2.24, 2.45) is 0 Å². The number of hydrogen-bond donors (Lipinski definition) is 0. The van der Waals surface area contributed by atoms with Gasteiger partial charge in [0, 0.05) is 16.9 Å². The van der Waals surface area contributed by atoms with E-state index < -0.39 is 5.41 Å². The van der Waals surface area contributed by atoms with Crippen LogP contribution < -0.4 is 4.74 Å². The Labute approximate surface area is 264 Å². The van der Waals surface area contributed by atoms with Gasteiger partial charge in [-0.2, -0.15) is 0 Å². The van der Waals surface area contributed by atoms with E-state index in [0.29, 0.717) is 0 Å². The highest BCUT2D eigenvalue weighted by Gasteiger charge is 2.54. The number of allylic oxidation sites excluding steroid dienone is 3. The third-order valence-electron chi connectivity index (χ3n) is 11.1. The topological polar surface area (TPSA) is 9.23 Å². The van der Waals surface area contributed by atoms with E-state index in [0.717, 1.165) is 17.9 Å². The van der Waals surface area contributed by atoms with E-state index in [4.69, 9.17) is 4.74 Å². The first-order valence-electron chi connectivity index (χ1n) is 16.1. The largest absolute Gasteiger partial charge is 0.457 e. The van der Waals surface area contributed by atoms with Crippen LogP contribution in [0.1, 0.15) is 59.6 Å². The molecule has 1 heterocycles. The lowest BCUT2D eigenvalue weighted by Gasteiger charge is -2.42. The standard InChI is InChI=1S/C44H32O/c1-43(2)36-22-9-10-23-38(36)45-39-24-12-19-32(42(39)43)31-18-11-17-30-29-15-5-7-20-34(29)44(41(30)31)35-21-8-6-16-33(35)40-28-14-4-3-13-27(28)25-26-37(40)44/h3-18,20-26,32H,19H2,1-2H3. The van der Waals surface area contributed by atoms with E-state index in [-0.39, 0.29) is 11.3 Å². The van der Waals surface area contributed by atoms with Gasteiger partial charge in [-0.3, -0.25) is 0 Å². The van der Waals surface area contributed by atoms with Crippen molar-refractivity contribution in [3.8, 4) is 28.0 Å². The van der Waals surface area contributed by atoms with Crippen LogP contribution in [0, 0.1) is 0 Å². The minimum absolute atomic E-state index is 0.178. The van der Waals surface area contributed by atoms with Gasteiger partial charge in [0.1, 0.15) is 11.5 Å². The lowest BCUT2D eigenvalue weighted by molar-refractivity contribution is 0.362. The second-order valence-corrected chi connectivity index (χ2v) is 13.5. The van der Waals surface area contributed by atoms with Gasteiger partial charge >= 0.3 is 0 Å². The molecule has 214 valence electrons. The average Bonchev–Trinajstić information content (AvgIpc) is 3.56. The summed E-state index contributed by atoms with van der Waals surface area (Å²) in [6.45, 7) is 4.77. The zero-order valence-corrected chi connectivity index (χ0v) is 25.5. The molecule has 1 nitrogen and oxygen atoms in total. The Morgan fingerprint density at radius 1 is 0.600 bits per heavy atom. The molecule has 10 rings (SSSR count). The molecule has 1 heteroatoms. The van der Waals surface area contributed by atoms with Crippen molar-refractivity contribution >= 4 is 10.8 Å². The fraction of sp³-hybridized carbons (Fsp3) is 0.136. The Kier molecular flexibility index (Phi) is 4.89. The zero-order chi connectivity index (χ0) is 29.9. The van der Waals surface area contributed by atoms with Gasteiger partial charge in [0.15, 0.2) is 0 Å². The van der Waals surface area contributed by atoms with Crippen LogP contribution in [0.15, 0.2) is 151 Å². The van der Waals surface area contributed by atoms with E-state index in [9.17, 15) is 0 Å². The van der Waals surface area contributed by atoms with Crippen LogP contribution in [0.25, 0.3) is 33.0 Å². The molecule has 2 atom stereocenters. The van der Waals surface area contributed by atoms with Crippen LogP contribution in [-0.4, -0.2) is 0 Å². The van der Waals surface area contributed by atoms with Gasteiger partial charge in [-0.15, -0.1) is 0 Å². The number of fused-ring (bicyclic) bond motifs is 13. The van der Waals surface area contributed by atoms with Crippen LogP contribution in [-0.2, 0) is 10.8 Å². The average molecular weight is 577 g/mol. The molecule has 0 bridgehead atoms. The molecule has 0 saturated carbocycles. The van der Waals surface area contributed by atoms with Gasteiger partial charge in [0.2, 0.25) is 0 Å². The molecular formula is C44H32O. The first-order chi connectivity index (χ1) is 22.1. The molecule has 0 radical (unpaired) electrons. The fourth-order valence-electron chi connectivity index (χ4n) is 9.43. The highest BCUT2D eigenvalue weighted by atomic mass is 16.5. The van der Waals surface area contributed by atoms with Crippen LogP contribution in [0.4, 0.5) is 0 Å². The molecule has 0 N–H and O–H groups in total. The monoisotopic (exact) mass is 576 g/mol. The molecular weight excluding hydrogens is 544 g/mol. The van der Waals surface area contributed by atoms with E-state index >= 15 is 0 Å². The summed E-state index contributed by atoms with van der Waals surface area (Å²) in [6, 6.07) is 47.6. The van der Waals surface area contributed by atoms with Crippen molar-refractivity contribution in [2.45, 2.75) is 37.0 Å². The number of hydrogen-bond acceptors (Lipinski definition) is 1. The Balaban J connectivity index is 1.32. The summed E-state index contributed by atoms with van der Waals surface area (Å²) in [5.41, 5.74) is 14.5. The van der Waals surface area contributed by atoms with Crippen molar-refractivity contribution in [3.63, 3.8) is 0 Å².